The van der Waals surface area contributed by atoms with Crippen molar-refractivity contribution in [2.45, 2.75) is 0 Å². The summed E-state index contributed by atoms with van der Waals surface area (Å²) in [6.07, 6.45) is 0. The smallest absolute Gasteiger partial charge is 0.103 e. The van der Waals surface area contributed by atoms with Gasteiger partial charge in [-0.25, -0.2) is 0 Å². The lowest BCUT2D eigenvalue weighted by Crippen LogP contribution is -2.30. The highest BCUT2D eigenvalue weighted by atomic mass is 14.9. The van der Waals surface area contributed by atoms with E-state index in [4.69, 9.17) is 0 Å². The molecule has 28 heavy (non-hydrogen) atoms. The maximum atomic E-state index is 3.39. The number of pyridine rings is 1. The Kier molecular flexibility index (Phi) is 4.09. The molecule has 1 heterocycles. The molecule has 0 aliphatic carbocycles. The molecule has 0 unspecified atom stereocenters. The SMILES string of the molecule is C(#C[n+]1c2ccccc2c(-c2ccccc2)c2ccccc21)c1ccccc1. The lowest BCUT2D eigenvalue weighted by atomic mass is 9.96. The molecule has 0 atom stereocenters. The summed E-state index contributed by atoms with van der Waals surface area (Å²) < 4.78 is 2.12. The second-order valence-electron chi connectivity index (χ2n) is 6.71. The van der Waals surface area contributed by atoms with Gasteiger partial charge in [0.15, 0.2) is 0 Å². The van der Waals surface area contributed by atoms with Crippen molar-refractivity contribution < 1.29 is 4.57 Å². The Morgan fingerprint density at radius 3 is 1.61 bits per heavy atom. The summed E-state index contributed by atoms with van der Waals surface area (Å²) in [6, 6.07) is 41.1. The molecule has 0 amide bonds. The van der Waals surface area contributed by atoms with Crippen LogP contribution in [0, 0.1) is 12.0 Å². The number of aromatic nitrogens is 1. The van der Waals surface area contributed by atoms with E-state index in [0.29, 0.717) is 0 Å². The van der Waals surface area contributed by atoms with Gasteiger partial charge in [0.05, 0.1) is 10.8 Å². The summed E-state index contributed by atoms with van der Waals surface area (Å²) in [5.41, 5.74) is 5.71. The summed E-state index contributed by atoms with van der Waals surface area (Å²) in [6.45, 7) is 0. The fourth-order valence-corrected chi connectivity index (χ4v) is 3.71. The summed E-state index contributed by atoms with van der Waals surface area (Å²) in [5.74, 6) is 3.32. The number of hydrogen-bond acceptors (Lipinski definition) is 0. The number of hydrogen-bond donors (Lipinski definition) is 0. The maximum Gasteiger partial charge on any atom is 0.235 e. The van der Waals surface area contributed by atoms with E-state index in [1.165, 1.54) is 21.9 Å². The fraction of sp³-hybridized carbons (Fsp3) is 0. The van der Waals surface area contributed by atoms with Gasteiger partial charge in [0.2, 0.25) is 17.1 Å². The van der Waals surface area contributed by atoms with Crippen LogP contribution in [-0.2, 0) is 0 Å². The molecule has 0 spiro atoms. The third-order valence-corrected chi connectivity index (χ3v) is 4.98. The van der Waals surface area contributed by atoms with E-state index in [0.717, 1.165) is 16.6 Å². The van der Waals surface area contributed by atoms with Gasteiger partial charge in [0.1, 0.15) is 0 Å². The first-order valence-corrected chi connectivity index (χ1v) is 9.40. The van der Waals surface area contributed by atoms with Gasteiger partial charge in [0.25, 0.3) is 0 Å². The molecule has 0 radical (unpaired) electrons. The van der Waals surface area contributed by atoms with Crippen LogP contribution in [0.25, 0.3) is 32.9 Å². The monoisotopic (exact) mass is 356 g/mol. The largest absolute Gasteiger partial charge is 0.235 e. The van der Waals surface area contributed by atoms with Gasteiger partial charge >= 0.3 is 0 Å². The number of fused-ring (bicyclic) bond motifs is 2. The Hall–Kier alpha value is -3.89. The van der Waals surface area contributed by atoms with Gasteiger partial charge in [-0.2, -0.15) is 0 Å². The third kappa shape index (κ3) is 2.82. The van der Waals surface area contributed by atoms with E-state index in [1.54, 1.807) is 0 Å². The highest BCUT2D eigenvalue weighted by Crippen LogP contribution is 2.33. The van der Waals surface area contributed by atoms with Crippen LogP contribution in [0.2, 0.25) is 0 Å². The lowest BCUT2D eigenvalue weighted by molar-refractivity contribution is -0.524. The fourth-order valence-electron chi connectivity index (χ4n) is 3.71. The molecule has 0 aliphatic rings. The van der Waals surface area contributed by atoms with Crippen LogP contribution < -0.4 is 4.57 Å². The average Bonchev–Trinajstić information content (AvgIpc) is 2.78. The molecule has 4 aromatic carbocycles. The molecule has 0 saturated heterocycles. The first-order valence-electron chi connectivity index (χ1n) is 9.40. The summed E-state index contributed by atoms with van der Waals surface area (Å²) in [7, 11) is 0. The Labute approximate surface area is 164 Å². The van der Waals surface area contributed by atoms with E-state index in [9.17, 15) is 0 Å². The Bertz CT molecular complexity index is 1280. The van der Waals surface area contributed by atoms with E-state index < -0.39 is 0 Å². The highest BCUT2D eigenvalue weighted by molar-refractivity contribution is 6.07. The quantitative estimate of drug-likeness (QED) is 0.203. The predicted octanol–water partition coefficient (Wildman–Crippen LogP) is 5.80. The van der Waals surface area contributed by atoms with Crippen LogP contribution in [0.4, 0.5) is 0 Å². The van der Waals surface area contributed by atoms with Crippen LogP contribution in [0.15, 0.2) is 109 Å². The zero-order valence-electron chi connectivity index (χ0n) is 15.3. The molecular weight excluding hydrogens is 338 g/mol. The van der Waals surface area contributed by atoms with Crippen molar-refractivity contribution in [3.05, 3.63) is 115 Å². The second-order valence-corrected chi connectivity index (χ2v) is 6.71. The third-order valence-electron chi connectivity index (χ3n) is 4.98. The molecular formula is C27H18N+. The first kappa shape index (κ1) is 16.3. The van der Waals surface area contributed by atoms with Crippen molar-refractivity contribution >= 4 is 21.8 Å². The van der Waals surface area contributed by atoms with E-state index >= 15 is 0 Å². The van der Waals surface area contributed by atoms with Crippen molar-refractivity contribution in [2.75, 3.05) is 0 Å². The minimum atomic E-state index is 1.01. The van der Waals surface area contributed by atoms with Crippen LogP contribution in [0.1, 0.15) is 5.56 Å². The van der Waals surface area contributed by atoms with Gasteiger partial charge in [-0.15, -0.1) is 4.57 Å². The van der Waals surface area contributed by atoms with Crippen molar-refractivity contribution in [1.82, 2.24) is 0 Å². The minimum absolute atomic E-state index is 1.01. The number of rotatable bonds is 1. The molecule has 5 rings (SSSR count). The van der Waals surface area contributed by atoms with Crippen LogP contribution >= 0.6 is 0 Å². The second kappa shape index (κ2) is 7.02. The van der Waals surface area contributed by atoms with Gasteiger partial charge < -0.3 is 0 Å². The molecule has 5 aromatic rings. The van der Waals surface area contributed by atoms with Crippen molar-refractivity contribution in [1.29, 1.82) is 0 Å². The van der Waals surface area contributed by atoms with E-state index in [2.05, 4.69) is 95.4 Å². The Morgan fingerprint density at radius 1 is 0.500 bits per heavy atom. The van der Waals surface area contributed by atoms with Gasteiger partial charge in [0, 0.05) is 29.2 Å². The average molecular weight is 356 g/mol. The van der Waals surface area contributed by atoms with Crippen molar-refractivity contribution in [3.8, 4) is 23.1 Å². The Balaban J connectivity index is 1.89. The van der Waals surface area contributed by atoms with Crippen LogP contribution in [-0.4, -0.2) is 0 Å². The minimum Gasteiger partial charge on any atom is -0.103 e. The topological polar surface area (TPSA) is 3.88 Å². The summed E-state index contributed by atoms with van der Waals surface area (Å²) in [5, 5.41) is 2.41. The van der Waals surface area contributed by atoms with E-state index in [1.807, 2.05) is 30.3 Å². The summed E-state index contributed by atoms with van der Waals surface area (Å²) in [4.78, 5) is 0. The number of para-hydroxylation sites is 2. The van der Waals surface area contributed by atoms with E-state index in [-0.39, 0.29) is 0 Å². The zero-order chi connectivity index (χ0) is 18.8. The molecule has 0 bridgehead atoms. The molecule has 0 aliphatic heterocycles. The maximum absolute atomic E-state index is 3.39. The zero-order valence-corrected chi connectivity index (χ0v) is 15.3. The van der Waals surface area contributed by atoms with Gasteiger partial charge in [-0.05, 0) is 29.8 Å². The highest BCUT2D eigenvalue weighted by Gasteiger charge is 2.20. The lowest BCUT2D eigenvalue weighted by Gasteiger charge is -2.09. The van der Waals surface area contributed by atoms with Crippen molar-refractivity contribution in [2.24, 2.45) is 0 Å². The molecule has 1 aromatic heterocycles. The molecule has 130 valence electrons. The molecule has 0 N–H and O–H groups in total. The molecule has 1 heteroatoms. The molecule has 0 saturated carbocycles. The number of nitrogens with zero attached hydrogens (tertiary/aromatic N) is 1. The normalized spacial score (nSPS) is 10.6. The summed E-state index contributed by atoms with van der Waals surface area (Å²) >= 11 is 0. The van der Waals surface area contributed by atoms with Crippen LogP contribution in [0.3, 0.4) is 0 Å². The Morgan fingerprint density at radius 2 is 1.00 bits per heavy atom. The molecule has 0 fully saturated rings. The van der Waals surface area contributed by atoms with Crippen LogP contribution in [0.5, 0.6) is 0 Å². The predicted molar refractivity (Wildman–Crippen MR) is 116 cm³/mol. The number of benzene rings is 4. The standard InChI is InChI=1S/C27H18N/c1-3-11-21(12-4-1)19-20-28-25-17-9-7-15-23(25)27(22-13-5-2-6-14-22)24-16-8-10-18-26(24)28/h1-18H/q+1. The van der Waals surface area contributed by atoms with Gasteiger partial charge in [-0.1, -0.05) is 72.8 Å². The molecule has 1 nitrogen and oxygen atoms in total. The van der Waals surface area contributed by atoms with Crippen molar-refractivity contribution in [3.63, 3.8) is 0 Å². The first-order chi connectivity index (χ1) is 13.9. The van der Waals surface area contributed by atoms with Gasteiger partial charge in [-0.3, -0.25) is 0 Å².